The molecule has 30 heavy (non-hydrogen) atoms. The van der Waals surface area contributed by atoms with Crippen molar-refractivity contribution in [2.45, 2.75) is 38.5 Å². The Morgan fingerprint density at radius 1 is 1.10 bits per heavy atom. The van der Waals surface area contributed by atoms with E-state index in [4.69, 9.17) is 0 Å². The summed E-state index contributed by atoms with van der Waals surface area (Å²) in [6.45, 7) is 3.62. The van der Waals surface area contributed by atoms with Gasteiger partial charge in [0.05, 0.1) is 24.5 Å². The Balaban J connectivity index is 1.59. The van der Waals surface area contributed by atoms with Crippen LogP contribution < -0.4 is 5.32 Å². The topological polar surface area (TPSA) is 84.3 Å². The van der Waals surface area contributed by atoms with Gasteiger partial charge in [-0.3, -0.25) is 0 Å². The lowest BCUT2D eigenvalue weighted by Gasteiger charge is -2.22. The predicted octanol–water partition coefficient (Wildman–Crippen LogP) is 4.20. The molecule has 156 valence electrons. The molecule has 0 amide bonds. The van der Waals surface area contributed by atoms with Crippen LogP contribution in [0, 0.1) is 0 Å². The van der Waals surface area contributed by atoms with Gasteiger partial charge in [-0.05, 0) is 17.7 Å². The Morgan fingerprint density at radius 2 is 1.93 bits per heavy atom. The second-order valence-electron chi connectivity index (χ2n) is 7.28. The number of halogens is 3. The first-order chi connectivity index (χ1) is 14.3. The maximum atomic E-state index is 13.0. The molecule has 0 fully saturated rings. The van der Waals surface area contributed by atoms with E-state index in [1.165, 1.54) is 6.20 Å². The molecular weight excluding hydrogens is 395 g/mol. The van der Waals surface area contributed by atoms with E-state index in [2.05, 4.69) is 30.4 Å². The van der Waals surface area contributed by atoms with Crippen LogP contribution in [-0.4, -0.2) is 41.9 Å². The molecule has 7 nitrogen and oxygen atoms in total. The maximum absolute atomic E-state index is 13.0. The first kappa shape index (κ1) is 20.0. The zero-order valence-electron chi connectivity index (χ0n) is 16.4. The number of rotatable bonds is 6. The Kier molecular flexibility index (Phi) is 5.25. The predicted molar refractivity (Wildman–Crippen MR) is 106 cm³/mol. The van der Waals surface area contributed by atoms with Crippen molar-refractivity contribution in [3.8, 4) is 16.9 Å². The van der Waals surface area contributed by atoms with Crippen molar-refractivity contribution in [3.63, 3.8) is 0 Å². The fraction of sp³-hybridized carbons (Fsp3) is 0.300. The SMILES string of the molecule is CC(C)NC(CC(F)(F)F)c1ccc(-n2cc(-c3ccnc4nc[nH]c34)cn2)nc1. The lowest BCUT2D eigenvalue weighted by atomic mass is 10.0. The lowest BCUT2D eigenvalue weighted by molar-refractivity contribution is -0.140. The molecule has 0 aliphatic carbocycles. The van der Waals surface area contributed by atoms with Gasteiger partial charge in [-0.25, -0.2) is 19.6 Å². The van der Waals surface area contributed by atoms with Gasteiger partial charge in [-0.1, -0.05) is 19.9 Å². The quantitative estimate of drug-likeness (QED) is 0.493. The number of aromatic nitrogens is 6. The molecule has 0 radical (unpaired) electrons. The highest BCUT2D eigenvalue weighted by Crippen LogP contribution is 2.30. The molecule has 0 bridgehead atoms. The van der Waals surface area contributed by atoms with Crippen molar-refractivity contribution < 1.29 is 13.2 Å². The number of imidazole rings is 1. The molecule has 0 aliphatic heterocycles. The standard InChI is InChI=1S/C20H20F3N7/c1-12(2)29-16(7-20(21,22)23)13-3-4-17(25-8-13)30-10-14(9-28-30)15-5-6-24-19-18(15)26-11-27-19/h3-6,8-12,16,29H,7H2,1-2H3,(H,24,26,27). The van der Waals surface area contributed by atoms with Crippen LogP contribution in [0.4, 0.5) is 13.2 Å². The first-order valence-electron chi connectivity index (χ1n) is 9.42. The number of nitrogens with one attached hydrogen (secondary N) is 2. The molecule has 4 heterocycles. The fourth-order valence-electron chi connectivity index (χ4n) is 3.32. The molecular formula is C20H20F3N7. The van der Waals surface area contributed by atoms with Gasteiger partial charge in [-0.15, -0.1) is 0 Å². The van der Waals surface area contributed by atoms with Crippen LogP contribution in [0.2, 0.25) is 0 Å². The summed E-state index contributed by atoms with van der Waals surface area (Å²) < 4.78 is 40.4. The highest BCUT2D eigenvalue weighted by Gasteiger charge is 2.33. The second kappa shape index (κ2) is 7.86. The number of pyridine rings is 2. The number of H-pyrrole nitrogens is 1. The van der Waals surface area contributed by atoms with E-state index in [9.17, 15) is 13.2 Å². The third-order valence-electron chi connectivity index (χ3n) is 4.60. The summed E-state index contributed by atoms with van der Waals surface area (Å²) in [6, 6.07) is 4.22. The van der Waals surface area contributed by atoms with E-state index in [0.29, 0.717) is 17.0 Å². The van der Waals surface area contributed by atoms with Crippen molar-refractivity contribution in [2.24, 2.45) is 0 Å². The third kappa shape index (κ3) is 4.33. The van der Waals surface area contributed by atoms with Gasteiger partial charge >= 0.3 is 6.18 Å². The molecule has 0 saturated carbocycles. The van der Waals surface area contributed by atoms with Gasteiger partial charge < -0.3 is 10.3 Å². The maximum Gasteiger partial charge on any atom is 0.390 e. The van der Waals surface area contributed by atoms with Crippen molar-refractivity contribution in [3.05, 3.63) is 54.9 Å². The Bertz CT molecular complexity index is 1130. The van der Waals surface area contributed by atoms with Crippen molar-refractivity contribution >= 4 is 11.2 Å². The monoisotopic (exact) mass is 415 g/mol. The van der Waals surface area contributed by atoms with Crippen LogP contribution in [0.5, 0.6) is 0 Å². The minimum Gasteiger partial charge on any atom is -0.343 e. The van der Waals surface area contributed by atoms with Crippen molar-refractivity contribution in [2.75, 3.05) is 0 Å². The van der Waals surface area contributed by atoms with E-state index in [1.807, 2.05) is 19.9 Å². The Hall–Kier alpha value is -3.27. The van der Waals surface area contributed by atoms with Gasteiger partial charge in [0.15, 0.2) is 11.5 Å². The average molecular weight is 415 g/mol. The number of hydrogen-bond acceptors (Lipinski definition) is 5. The minimum atomic E-state index is -4.27. The van der Waals surface area contributed by atoms with Crippen LogP contribution >= 0.6 is 0 Å². The third-order valence-corrected chi connectivity index (χ3v) is 4.60. The zero-order chi connectivity index (χ0) is 21.3. The van der Waals surface area contributed by atoms with Gasteiger partial charge in [-0.2, -0.15) is 18.3 Å². The van der Waals surface area contributed by atoms with Crippen LogP contribution in [-0.2, 0) is 0 Å². The number of nitrogens with zero attached hydrogens (tertiary/aromatic N) is 5. The zero-order valence-corrected chi connectivity index (χ0v) is 16.4. The fourth-order valence-corrected chi connectivity index (χ4v) is 3.32. The van der Waals surface area contributed by atoms with Gasteiger partial charge in [0.1, 0.15) is 0 Å². The van der Waals surface area contributed by atoms with E-state index in [-0.39, 0.29) is 6.04 Å². The van der Waals surface area contributed by atoms with Gasteiger partial charge in [0, 0.05) is 41.8 Å². The summed E-state index contributed by atoms with van der Waals surface area (Å²) >= 11 is 0. The average Bonchev–Trinajstić information content (AvgIpc) is 3.35. The number of aromatic amines is 1. The van der Waals surface area contributed by atoms with Crippen LogP contribution in [0.3, 0.4) is 0 Å². The highest BCUT2D eigenvalue weighted by atomic mass is 19.4. The molecule has 4 aromatic heterocycles. The summed E-state index contributed by atoms with van der Waals surface area (Å²) in [5.41, 5.74) is 3.62. The molecule has 10 heteroatoms. The van der Waals surface area contributed by atoms with E-state index in [1.54, 1.807) is 41.7 Å². The molecule has 1 atom stereocenters. The number of fused-ring (bicyclic) bond motifs is 1. The van der Waals surface area contributed by atoms with E-state index < -0.39 is 18.6 Å². The molecule has 0 saturated heterocycles. The van der Waals surface area contributed by atoms with E-state index in [0.717, 1.165) is 16.6 Å². The summed E-state index contributed by atoms with van der Waals surface area (Å²) in [5.74, 6) is 0.509. The summed E-state index contributed by atoms with van der Waals surface area (Å²) in [4.78, 5) is 15.7. The summed E-state index contributed by atoms with van der Waals surface area (Å²) in [5, 5.41) is 7.29. The molecule has 1 unspecified atom stereocenters. The van der Waals surface area contributed by atoms with E-state index >= 15 is 0 Å². The second-order valence-corrected chi connectivity index (χ2v) is 7.28. The van der Waals surface area contributed by atoms with Gasteiger partial charge in [0.2, 0.25) is 0 Å². The number of hydrogen-bond donors (Lipinski definition) is 2. The molecule has 0 aromatic carbocycles. The normalized spacial score (nSPS) is 13.3. The highest BCUT2D eigenvalue weighted by molar-refractivity contribution is 5.88. The van der Waals surface area contributed by atoms with Crippen LogP contribution in [0.15, 0.2) is 49.3 Å². The van der Waals surface area contributed by atoms with Crippen LogP contribution in [0.25, 0.3) is 28.1 Å². The smallest absolute Gasteiger partial charge is 0.343 e. The van der Waals surface area contributed by atoms with Crippen LogP contribution in [0.1, 0.15) is 31.9 Å². The molecule has 0 spiro atoms. The van der Waals surface area contributed by atoms with Crippen molar-refractivity contribution in [1.29, 1.82) is 0 Å². The summed E-state index contributed by atoms with van der Waals surface area (Å²) in [7, 11) is 0. The first-order valence-corrected chi connectivity index (χ1v) is 9.42. The Morgan fingerprint density at radius 3 is 2.63 bits per heavy atom. The van der Waals surface area contributed by atoms with Gasteiger partial charge in [0.25, 0.3) is 0 Å². The molecule has 4 aromatic rings. The van der Waals surface area contributed by atoms with Crippen molar-refractivity contribution in [1.82, 2.24) is 35.0 Å². The largest absolute Gasteiger partial charge is 0.390 e. The summed E-state index contributed by atoms with van der Waals surface area (Å²) in [6.07, 6.45) is 2.97. The molecule has 2 N–H and O–H groups in total. The number of alkyl halides is 3. The molecule has 4 rings (SSSR count). The molecule has 0 aliphatic rings. The lowest BCUT2D eigenvalue weighted by Crippen LogP contribution is -2.31. The minimum absolute atomic E-state index is 0.0922. The Labute approximate surface area is 170 Å².